The SMILES string of the molecule is Cc1ccc(C)c(CNC2(C)CC2)c1. The van der Waals surface area contributed by atoms with Crippen molar-refractivity contribution in [3.63, 3.8) is 0 Å². The summed E-state index contributed by atoms with van der Waals surface area (Å²) in [6.07, 6.45) is 2.66. The van der Waals surface area contributed by atoms with Crippen LogP contribution in [0.4, 0.5) is 0 Å². The zero-order valence-corrected chi connectivity index (χ0v) is 9.35. The summed E-state index contributed by atoms with van der Waals surface area (Å²) in [7, 11) is 0. The highest BCUT2D eigenvalue weighted by Gasteiger charge is 2.36. The van der Waals surface area contributed by atoms with Gasteiger partial charge in [-0.05, 0) is 44.7 Å². The van der Waals surface area contributed by atoms with E-state index in [4.69, 9.17) is 0 Å². The molecule has 1 aromatic rings. The Morgan fingerprint density at radius 3 is 2.64 bits per heavy atom. The molecule has 1 aliphatic carbocycles. The van der Waals surface area contributed by atoms with Gasteiger partial charge in [0.05, 0.1) is 0 Å². The molecule has 1 aliphatic rings. The predicted octanol–water partition coefficient (Wildman–Crippen LogP) is 2.95. The number of aryl methyl sites for hydroxylation is 2. The van der Waals surface area contributed by atoms with Crippen LogP contribution in [0.1, 0.15) is 36.5 Å². The lowest BCUT2D eigenvalue weighted by atomic mass is 10.1. The summed E-state index contributed by atoms with van der Waals surface area (Å²) in [5.74, 6) is 0. The quantitative estimate of drug-likeness (QED) is 0.771. The van der Waals surface area contributed by atoms with Crippen LogP contribution < -0.4 is 5.32 Å². The summed E-state index contributed by atoms with van der Waals surface area (Å²) in [6, 6.07) is 6.67. The molecule has 1 aromatic carbocycles. The first-order chi connectivity index (χ1) is 6.59. The molecule has 0 saturated heterocycles. The normalized spacial score (nSPS) is 18.2. The van der Waals surface area contributed by atoms with Gasteiger partial charge in [0.2, 0.25) is 0 Å². The molecule has 0 heterocycles. The first kappa shape index (κ1) is 9.72. The molecule has 1 nitrogen and oxygen atoms in total. The van der Waals surface area contributed by atoms with E-state index in [0.717, 1.165) is 6.54 Å². The van der Waals surface area contributed by atoms with Crippen LogP contribution in [0.5, 0.6) is 0 Å². The fourth-order valence-corrected chi connectivity index (χ4v) is 1.66. The molecule has 0 aliphatic heterocycles. The molecule has 76 valence electrons. The molecule has 1 saturated carbocycles. The predicted molar refractivity (Wildman–Crippen MR) is 60.4 cm³/mol. The van der Waals surface area contributed by atoms with Crippen molar-refractivity contribution in [1.29, 1.82) is 0 Å². The Balaban J connectivity index is 2.04. The van der Waals surface area contributed by atoms with Crippen molar-refractivity contribution in [2.75, 3.05) is 0 Å². The third kappa shape index (κ3) is 2.16. The molecule has 0 amide bonds. The Morgan fingerprint density at radius 1 is 1.29 bits per heavy atom. The average Bonchev–Trinajstić information content (AvgIpc) is 2.87. The lowest BCUT2D eigenvalue weighted by molar-refractivity contribution is 0.536. The van der Waals surface area contributed by atoms with Gasteiger partial charge in [-0.25, -0.2) is 0 Å². The summed E-state index contributed by atoms with van der Waals surface area (Å²) in [5, 5.41) is 3.62. The topological polar surface area (TPSA) is 12.0 Å². The van der Waals surface area contributed by atoms with Gasteiger partial charge in [-0.15, -0.1) is 0 Å². The van der Waals surface area contributed by atoms with Crippen LogP contribution in [0.3, 0.4) is 0 Å². The minimum atomic E-state index is 0.441. The molecule has 14 heavy (non-hydrogen) atoms. The van der Waals surface area contributed by atoms with E-state index in [1.165, 1.54) is 29.5 Å². The van der Waals surface area contributed by atoms with Gasteiger partial charge in [0, 0.05) is 12.1 Å². The van der Waals surface area contributed by atoms with Crippen molar-refractivity contribution in [3.05, 3.63) is 34.9 Å². The molecule has 0 atom stereocenters. The van der Waals surface area contributed by atoms with Gasteiger partial charge in [0.25, 0.3) is 0 Å². The van der Waals surface area contributed by atoms with Gasteiger partial charge in [0.15, 0.2) is 0 Å². The van der Waals surface area contributed by atoms with E-state index in [1.807, 2.05) is 0 Å². The maximum Gasteiger partial charge on any atom is 0.0213 e. The molecule has 1 heteroatoms. The monoisotopic (exact) mass is 189 g/mol. The van der Waals surface area contributed by atoms with Gasteiger partial charge in [-0.3, -0.25) is 0 Å². The van der Waals surface area contributed by atoms with Gasteiger partial charge in [0.1, 0.15) is 0 Å². The second-order valence-electron chi connectivity index (χ2n) is 4.84. The van der Waals surface area contributed by atoms with E-state index < -0.39 is 0 Å². The van der Waals surface area contributed by atoms with Crippen LogP contribution in [0.25, 0.3) is 0 Å². The Labute approximate surface area is 86.5 Å². The molecule has 0 unspecified atom stereocenters. The third-order valence-corrected chi connectivity index (χ3v) is 3.21. The Kier molecular flexibility index (Phi) is 2.36. The molecule has 2 rings (SSSR count). The van der Waals surface area contributed by atoms with E-state index >= 15 is 0 Å². The Bertz CT molecular complexity index is 337. The van der Waals surface area contributed by atoms with Gasteiger partial charge in [-0.1, -0.05) is 23.8 Å². The highest BCUT2D eigenvalue weighted by Crippen LogP contribution is 2.34. The second kappa shape index (κ2) is 3.39. The van der Waals surface area contributed by atoms with Gasteiger partial charge < -0.3 is 5.32 Å². The molecule has 0 bridgehead atoms. The lowest BCUT2D eigenvalue weighted by Crippen LogP contribution is -2.27. The molecular weight excluding hydrogens is 170 g/mol. The number of benzene rings is 1. The first-order valence-corrected chi connectivity index (χ1v) is 5.40. The standard InChI is InChI=1S/C13H19N/c1-10-4-5-11(2)12(8-10)9-14-13(3)6-7-13/h4-5,8,14H,6-7,9H2,1-3H3. The smallest absolute Gasteiger partial charge is 0.0213 e. The fourth-order valence-electron chi connectivity index (χ4n) is 1.66. The number of nitrogens with one attached hydrogen (secondary N) is 1. The second-order valence-corrected chi connectivity index (χ2v) is 4.84. The van der Waals surface area contributed by atoms with E-state index in [-0.39, 0.29) is 0 Å². The van der Waals surface area contributed by atoms with Crippen molar-refractivity contribution in [2.45, 2.75) is 45.7 Å². The molecule has 0 radical (unpaired) electrons. The van der Waals surface area contributed by atoms with Crippen LogP contribution >= 0.6 is 0 Å². The lowest BCUT2D eigenvalue weighted by Gasteiger charge is -2.13. The van der Waals surface area contributed by atoms with E-state index in [2.05, 4.69) is 44.3 Å². The highest BCUT2D eigenvalue weighted by atomic mass is 15.0. The molecule has 1 fully saturated rings. The summed E-state index contributed by atoms with van der Waals surface area (Å²) in [5.41, 5.74) is 4.63. The zero-order chi connectivity index (χ0) is 10.2. The maximum absolute atomic E-state index is 3.62. The molecular formula is C13H19N. The van der Waals surface area contributed by atoms with Gasteiger partial charge >= 0.3 is 0 Å². The van der Waals surface area contributed by atoms with Gasteiger partial charge in [-0.2, -0.15) is 0 Å². The first-order valence-electron chi connectivity index (χ1n) is 5.40. The minimum Gasteiger partial charge on any atom is -0.307 e. The molecule has 0 aromatic heterocycles. The Hall–Kier alpha value is -0.820. The van der Waals surface area contributed by atoms with Crippen molar-refractivity contribution in [3.8, 4) is 0 Å². The number of hydrogen-bond donors (Lipinski definition) is 1. The number of rotatable bonds is 3. The van der Waals surface area contributed by atoms with Crippen LogP contribution in [0.15, 0.2) is 18.2 Å². The maximum atomic E-state index is 3.62. The zero-order valence-electron chi connectivity index (χ0n) is 9.35. The largest absolute Gasteiger partial charge is 0.307 e. The van der Waals surface area contributed by atoms with E-state index in [9.17, 15) is 0 Å². The van der Waals surface area contributed by atoms with Crippen LogP contribution in [0.2, 0.25) is 0 Å². The van der Waals surface area contributed by atoms with Crippen molar-refractivity contribution in [1.82, 2.24) is 5.32 Å². The number of hydrogen-bond acceptors (Lipinski definition) is 1. The third-order valence-electron chi connectivity index (χ3n) is 3.21. The van der Waals surface area contributed by atoms with Crippen molar-refractivity contribution >= 4 is 0 Å². The molecule has 0 spiro atoms. The van der Waals surface area contributed by atoms with Crippen LogP contribution in [0, 0.1) is 13.8 Å². The van der Waals surface area contributed by atoms with Crippen LogP contribution in [-0.2, 0) is 6.54 Å². The summed E-state index contributed by atoms with van der Waals surface area (Å²) < 4.78 is 0. The fraction of sp³-hybridized carbons (Fsp3) is 0.538. The summed E-state index contributed by atoms with van der Waals surface area (Å²) in [6.45, 7) is 7.66. The minimum absolute atomic E-state index is 0.441. The van der Waals surface area contributed by atoms with Crippen molar-refractivity contribution in [2.24, 2.45) is 0 Å². The van der Waals surface area contributed by atoms with E-state index in [1.54, 1.807) is 0 Å². The summed E-state index contributed by atoms with van der Waals surface area (Å²) >= 11 is 0. The Morgan fingerprint density at radius 2 is 2.00 bits per heavy atom. The van der Waals surface area contributed by atoms with Crippen molar-refractivity contribution < 1.29 is 0 Å². The van der Waals surface area contributed by atoms with Crippen LogP contribution in [-0.4, -0.2) is 5.54 Å². The summed E-state index contributed by atoms with van der Waals surface area (Å²) in [4.78, 5) is 0. The van der Waals surface area contributed by atoms with E-state index in [0.29, 0.717) is 5.54 Å². The molecule has 1 N–H and O–H groups in total. The highest BCUT2D eigenvalue weighted by molar-refractivity contribution is 5.30. The average molecular weight is 189 g/mol.